The molecular weight excluding hydrogens is 368 g/mol. The lowest BCUT2D eigenvalue weighted by molar-refractivity contribution is -0.121. The average molecular weight is 417 g/mol. The molecule has 6 nitrogen and oxygen atoms in total. The van der Waals surface area contributed by atoms with Crippen LogP contribution in [0.4, 0.5) is 0 Å². The summed E-state index contributed by atoms with van der Waals surface area (Å²) < 4.78 is 5.59. The second-order valence-corrected chi connectivity index (χ2v) is 7.89. The van der Waals surface area contributed by atoms with Gasteiger partial charge in [0.05, 0.1) is 19.8 Å². The van der Waals surface area contributed by atoms with Crippen molar-refractivity contribution < 1.29 is 19.7 Å². The maximum atomic E-state index is 11.8. The summed E-state index contributed by atoms with van der Waals surface area (Å²) in [6.45, 7) is 6.30. The Kier molecular flexibility index (Phi) is 23.0. The summed E-state index contributed by atoms with van der Waals surface area (Å²) in [5.41, 5.74) is 0. The lowest BCUT2D eigenvalue weighted by Crippen LogP contribution is -2.33. The van der Waals surface area contributed by atoms with Crippen molar-refractivity contribution in [1.82, 2.24) is 10.2 Å². The van der Waals surface area contributed by atoms with Gasteiger partial charge >= 0.3 is 0 Å². The molecule has 174 valence electrons. The molecule has 0 aromatic rings. The van der Waals surface area contributed by atoms with Crippen LogP contribution in [-0.4, -0.2) is 73.6 Å². The van der Waals surface area contributed by atoms with Crippen molar-refractivity contribution in [3.8, 4) is 0 Å². The molecule has 0 rings (SSSR count). The second kappa shape index (κ2) is 23.6. The van der Waals surface area contributed by atoms with Crippen LogP contribution in [0.2, 0.25) is 0 Å². The van der Waals surface area contributed by atoms with E-state index < -0.39 is 0 Å². The fourth-order valence-corrected chi connectivity index (χ4v) is 3.33. The highest BCUT2D eigenvalue weighted by Gasteiger charge is 2.03. The van der Waals surface area contributed by atoms with Crippen LogP contribution in [0.3, 0.4) is 0 Å². The number of nitrogens with zero attached hydrogens (tertiary/aromatic N) is 1. The molecule has 0 atom stereocenters. The van der Waals surface area contributed by atoms with Crippen LogP contribution >= 0.6 is 0 Å². The van der Waals surface area contributed by atoms with E-state index in [2.05, 4.69) is 12.2 Å². The number of nitrogens with one attached hydrogen (secondary N) is 1. The monoisotopic (exact) mass is 416 g/mol. The Morgan fingerprint density at radius 2 is 1.34 bits per heavy atom. The number of aliphatic hydroxyl groups is 2. The van der Waals surface area contributed by atoms with Crippen molar-refractivity contribution in [3.63, 3.8) is 0 Å². The van der Waals surface area contributed by atoms with Gasteiger partial charge < -0.3 is 20.3 Å². The SMILES string of the molecule is CCCCCCCCCCCCC(=O)NCCCCOCCN(CCO)CCO. The summed E-state index contributed by atoms with van der Waals surface area (Å²) in [6.07, 6.45) is 15.4. The van der Waals surface area contributed by atoms with Gasteiger partial charge in [-0.3, -0.25) is 9.69 Å². The van der Waals surface area contributed by atoms with Crippen LogP contribution in [0.15, 0.2) is 0 Å². The van der Waals surface area contributed by atoms with Crippen molar-refractivity contribution in [2.24, 2.45) is 0 Å². The molecule has 0 saturated heterocycles. The van der Waals surface area contributed by atoms with Gasteiger partial charge in [-0.15, -0.1) is 0 Å². The number of rotatable bonds is 23. The maximum Gasteiger partial charge on any atom is 0.219 e. The van der Waals surface area contributed by atoms with Gasteiger partial charge in [0.2, 0.25) is 5.91 Å². The Bertz CT molecular complexity index is 337. The van der Waals surface area contributed by atoms with Gasteiger partial charge in [-0.25, -0.2) is 0 Å². The largest absolute Gasteiger partial charge is 0.395 e. The molecule has 29 heavy (non-hydrogen) atoms. The molecule has 0 radical (unpaired) electrons. The van der Waals surface area contributed by atoms with Gasteiger partial charge in [-0.2, -0.15) is 0 Å². The molecule has 3 N–H and O–H groups in total. The summed E-state index contributed by atoms with van der Waals surface area (Å²) >= 11 is 0. The smallest absolute Gasteiger partial charge is 0.219 e. The molecule has 0 aromatic heterocycles. The topological polar surface area (TPSA) is 82.0 Å². The van der Waals surface area contributed by atoms with Crippen LogP contribution in [0.5, 0.6) is 0 Å². The Balaban J connectivity index is 3.29. The Morgan fingerprint density at radius 1 is 0.759 bits per heavy atom. The molecular formula is C23H48N2O4. The third kappa shape index (κ3) is 21.8. The first-order valence-electron chi connectivity index (χ1n) is 12.0. The van der Waals surface area contributed by atoms with Gasteiger partial charge in [0, 0.05) is 39.2 Å². The van der Waals surface area contributed by atoms with Crippen LogP contribution in [0.1, 0.15) is 90.4 Å². The lowest BCUT2D eigenvalue weighted by Gasteiger charge is -2.19. The van der Waals surface area contributed by atoms with Gasteiger partial charge in [-0.1, -0.05) is 64.7 Å². The van der Waals surface area contributed by atoms with E-state index in [4.69, 9.17) is 14.9 Å². The number of carbonyl (C=O) groups is 1. The van der Waals surface area contributed by atoms with Crippen LogP contribution in [0.25, 0.3) is 0 Å². The van der Waals surface area contributed by atoms with Gasteiger partial charge in [0.15, 0.2) is 0 Å². The van der Waals surface area contributed by atoms with Crippen molar-refractivity contribution in [2.75, 3.05) is 52.6 Å². The predicted molar refractivity (Wildman–Crippen MR) is 120 cm³/mol. The van der Waals surface area contributed by atoms with Crippen LogP contribution in [0, 0.1) is 0 Å². The highest BCUT2D eigenvalue weighted by atomic mass is 16.5. The van der Waals surface area contributed by atoms with Gasteiger partial charge in [-0.05, 0) is 19.3 Å². The predicted octanol–water partition coefficient (Wildman–Crippen LogP) is 3.50. The lowest BCUT2D eigenvalue weighted by atomic mass is 10.1. The van der Waals surface area contributed by atoms with Crippen molar-refractivity contribution in [1.29, 1.82) is 0 Å². The first-order chi connectivity index (χ1) is 14.2. The Labute approximate surface area is 179 Å². The highest BCUT2D eigenvalue weighted by Crippen LogP contribution is 2.11. The molecule has 0 spiro atoms. The van der Waals surface area contributed by atoms with Gasteiger partial charge in [0.1, 0.15) is 0 Å². The summed E-state index contributed by atoms with van der Waals surface area (Å²) in [7, 11) is 0. The minimum atomic E-state index is 0.0961. The van der Waals surface area contributed by atoms with Crippen molar-refractivity contribution in [2.45, 2.75) is 90.4 Å². The van der Waals surface area contributed by atoms with E-state index in [1.165, 1.54) is 57.8 Å². The molecule has 6 heteroatoms. The quantitative estimate of drug-likeness (QED) is 0.222. The first kappa shape index (κ1) is 28.3. The van der Waals surface area contributed by atoms with E-state index in [9.17, 15) is 4.79 Å². The molecule has 0 unspecified atom stereocenters. The fraction of sp³-hybridized carbons (Fsp3) is 0.957. The molecule has 0 aliphatic carbocycles. The second-order valence-electron chi connectivity index (χ2n) is 7.89. The number of amides is 1. The normalized spacial score (nSPS) is 11.3. The summed E-state index contributed by atoms with van der Waals surface area (Å²) in [4.78, 5) is 13.8. The third-order valence-electron chi connectivity index (χ3n) is 5.18. The molecule has 0 fully saturated rings. The molecule has 0 saturated carbocycles. The molecule has 0 bridgehead atoms. The van der Waals surface area contributed by atoms with E-state index in [1.54, 1.807) is 0 Å². The zero-order valence-electron chi connectivity index (χ0n) is 19.0. The fourth-order valence-electron chi connectivity index (χ4n) is 3.33. The minimum absolute atomic E-state index is 0.0961. The standard InChI is InChI=1S/C23H48N2O4/c1-2-3-4-5-6-7-8-9-10-11-14-23(28)24-15-12-13-21-29-22-18-25(16-19-26)17-20-27/h26-27H,2-22H2,1H3,(H,24,28). The Morgan fingerprint density at radius 3 is 1.93 bits per heavy atom. The number of ether oxygens (including phenoxy) is 1. The summed E-state index contributed by atoms with van der Waals surface area (Å²) in [5.74, 6) is 0.175. The molecule has 0 heterocycles. The molecule has 0 aliphatic rings. The number of carbonyl (C=O) groups excluding carboxylic acids is 1. The van der Waals surface area contributed by atoms with Crippen molar-refractivity contribution >= 4 is 5.91 Å². The van der Waals surface area contributed by atoms with Gasteiger partial charge in [0.25, 0.3) is 0 Å². The minimum Gasteiger partial charge on any atom is -0.395 e. The average Bonchev–Trinajstić information content (AvgIpc) is 2.71. The molecule has 0 aliphatic heterocycles. The number of aliphatic hydroxyl groups excluding tert-OH is 2. The number of hydrogen-bond donors (Lipinski definition) is 3. The van der Waals surface area contributed by atoms with E-state index in [1.807, 2.05) is 4.90 Å². The maximum absolute atomic E-state index is 11.8. The number of hydrogen-bond acceptors (Lipinski definition) is 5. The zero-order chi connectivity index (χ0) is 21.4. The first-order valence-corrected chi connectivity index (χ1v) is 12.0. The number of unbranched alkanes of at least 4 members (excludes halogenated alkanes) is 10. The zero-order valence-corrected chi connectivity index (χ0v) is 19.0. The Hall–Kier alpha value is -0.690. The van der Waals surface area contributed by atoms with Crippen LogP contribution in [-0.2, 0) is 9.53 Å². The van der Waals surface area contributed by atoms with E-state index >= 15 is 0 Å². The van der Waals surface area contributed by atoms with Crippen LogP contribution < -0.4 is 5.32 Å². The van der Waals surface area contributed by atoms with Crippen molar-refractivity contribution in [3.05, 3.63) is 0 Å². The molecule has 0 aromatic carbocycles. The third-order valence-corrected chi connectivity index (χ3v) is 5.18. The highest BCUT2D eigenvalue weighted by molar-refractivity contribution is 5.75. The summed E-state index contributed by atoms with van der Waals surface area (Å²) in [6, 6.07) is 0. The van der Waals surface area contributed by atoms with E-state index in [-0.39, 0.29) is 19.1 Å². The van der Waals surface area contributed by atoms with E-state index in [0.29, 0.717) is 32.7 Å². The molecule has 1 amide bonds. The summed E-state index contributed by atoms with van der Waals surface area (Å²) in [5, 5.41) is 20.9. The van der Waals surface area contributed by atoms with E-state index in [0.717, 1.165) is 32.4 Å².